The molecule has 0 aliphatic heterocycles. The van der Waals surface area contributed by atoms with Gasteiger partial charge >= 0.3 is 0 Å². The van der Waals surface area contributed by atoms with E-state index in [1.807, 2.05) is 0 Å². The van der Waals surface area contributed by atoms with Crippen molar-refractivity contribution in [2.45, 2.75) is 20.8 Å². The fourth-order valence-corrected chi connectivity index (χ4v) is 4.06. The molecular formula is C33H30. The van der Waals surface area contributed by atoms with E-state index in [-0.39, 0.29) is 0 Å². The Labute approximate surface area is 197 Å². The van der Waals surface area contributed by atoms with E-state index in [2.05, 4.69) is 148 Å². The predicted molar refractivity (Wildman–Crippen MR) is 146 cm³/mol. The zero-order chi connectivity index (χ0) is 23.0. The van der Waals surface area contributed by atoms with Crippen molar-refractivity contribution < 1.29 is 0 Å². The van der Waals surface area contributed by atoms with Gasteiger partial charge in [-0.3, -0.25) is 0 Å². The maximum absolute atomic E-state index is 2.18. The first kappa shape index (κ1) is 22.3. The molecule has 6 aromatic rings. The topological polar surface area (TPSA) is 0 Å². The molecule has 33 heavy (non-hydrogen) atoms. The van der Waals surface area contributed by atoms with Crippen LogP contribution in [0.25, 0.3) is 32.3 Å². The Morgan fingerprint density at radius 2 is 0.727 bits per heavy atom. The van der Waals surface area contributed by atoms with Gasteiger partial charge in [0, 0.05) is 0 Å². The van der Waals surface area contributed by atoms with Crippen LogP contribution in [0.3, 0.4) is 0 Å². The van der Waals surface area contributed by atoms with Crippen molar-refractivity contribution in [2.24, 2.45) is 0 Å². The first-order chi connectivity index (χ1) is 16.1. The first-order valence-corrected chi connectivity index (χ1v) is 11.5. The average Bonchev–Trinajstić information content (AvgIpc) is 2.88. The molecule has 0 saturated carbocycles. The summed E-state index contributed by atoms with van der Waals surface area (Å²) < 4.78 is 0. The summed E-state index contributed by atoms with van der Waals surface area (Å²) in [6.07, 6.45) is 0. The van der Waals surface area contributed by atoms with Crippen molar-refractivity contribution in [3.05, 3.63) is 144 Å². The highest BCUT2D eigenvalue weighted by molar-refractivity contribution is 5.86. The van der Waals surface area contributed by atoms with Gasteiger partial charge in [0.25, 0.3) is 0 Å². The largest absolute Gasteiger partial charge is 0.0616 e. The number of aryl methyl sites for hydroxylation is 3. The number of hydrogen-bond donors (Lipinski definition) is 0. The molecular weight excluding hydrogens is 396 g/mol. The highest BCUT2D eigenvalue weighted by Crippen LogP contribution is 2.20. The van der Waals surface area contributed by atoms with Gasteiger partial charge in [0.05, 0.1) is 0 Å². The third kappa shape index (κ3) is 5.48. The van der Waals surface area contributed by atoms with E-state index < -0.39 is 0 Å². The molecule has 0 nitrogen and oxygen atoms in total. The minimum absolute atomic E-state index is 1.31. The Morgan fingerprint density at radius 3 is 1.27 bits per heavy atom. The molecule has 0 fully saturated rings. The van der Waals surface area contributed by atoms with Crippen LogP contribution in [0.5, 0.6) is 0 Å². The minimum atomic E-state index is 1.31. The highest BCUT2D eigenvalue weighted by Gasteiger charge is 1.97. The Hall–Kier alpha value is -3.90. The van der Waals surface area contributed by atoms with Gasteiger partial charge < -0.3 is 0 Å². The number of fused-ring (bicyclic) bond motifs is 3. The summed E-state index contributed by atoms with van der Waals surface area (Å²) >= 11 is 0. The van der Waals surface area contributed by atoms with E-state index in [1.54, 1.807) is 0 Å². The van der Waals surface area contributed by atoms with Crippen molar-refractivity contribution in [3.8, 4) is 0 Å². The van der Waals surface area contributed by atoms with Gasteiger partial charge in [-0.25, -0.2) is 0 Å². The van der Waals surface area contributed by atoms with Crippen molar-refractivity contribution >= 4 is 32.3 Å². The second kappa shape index (κ2) is 10.6. The quantitative estimate of drug-likeness (QED) is 0.227. The van der Waals surface area contributed by atoms with Gasteiger partial charge in [-0.05, 0) is 69.8 Å². The molecule has 0 aliphatic rings. The van der Waals surface area contributed by atoms with Crippen molar-refractivity contribution in [2.75, 3.05) is 0 Å². The lowest BCUT2D eigenvalue weighted by atomic mass is 10.0. The third-order valence-electron chi connectivity index (χ3n) is 6.14. The summed E-state index contributed by atoms with van der Waals surface area (Å²) in [7, 11) is 0. The van der Waals surface area contributed by atoms with Gasteiger partial charge in [-0.2, -0.15) is 0 Å². The average molecular weight is 427 g/mol. The van der Waals surface area contributed by atoms with Crippen molar-refractivity contribution in [3.63, 3.8) is 0 Å². The molecule has 0 unspecified atom stereocenters. The molecule has 0 aliphatic carbocycles. The molecule has 6 aromatic carbocycles. The maximum Gasteiger partial charge on any atom is -0.0152 e. The second-order valence-corrected chi connectivity index (χ2v) is 8.37. The molecule has 0 aromatic heterocycles. The van der Waals surface area contributed by atoms with E-state index in [1.165, 1.54) is 49.0 Å². The second-order valence-electron chi connectivity index (χ2n) is 8.37. The van der Waals surface area contributed by atoms with Crippen LogP contribution in [0.2, 0.25) is 0 Å². The fourth-order valence-electron chi connectivity index (χ4n) is 4.06. The monoisotopic (exact) mass is 426 g/mol. The Morgan fingerprint density at radius 1 is 0.303 bits per heavy atom. The van der Waals surface area contributed by atoms with Gasteiger partial charge in [-0.15, -0.1) is 0 Å². The number of benzene rings is 6. The summed E-state index contributed by atoms with van der Waals surface area (Å²) in [5.41, 5.74) is 4.12. The normalized spacial score (nSPS) is 10.3. The van der Waals surface area contributed by atoms with E-state index in [4.69, 9.17) is 0 Å². The summed E-state index contributed by atoms with van der Waals surface area (Å²) in [6, 6.07) is 44.4. The molecule has 0 bridgehead atoms. The summed E-state index contributed by atoms with van der Waals surface area (Å²) in [6.45, 7) is 6.47. The van der Waals surface area contributed by atoms with Gasteiger partial charge in [0.2, 0.25) is 0 Å². The van der Waals surface area contributed by atoms with Gasteiger partial charge in [-0.1, -0.05) is 127 Å². The van der Waals surface area contributed by atoms with Crippen LogP contribution >= 0.6 is 0 Å². The standard InChI is InChI=1S/C12H12.C11H10.C10H8/c1-9-7-8-11-5-3-4-6-12(11)10(9)2;1-9-5-4-7-10-6-2-3-8-11(9)10;1-2-6-10-8-4-3-7-9(10)5-1/h3-8H,1-2H3;2-8H,1H3;1-8H. The zero-order valence-electron chi connectivity index (χ0n) is 19.6. The fraction of sp³-hybridized carbons (Fsp3) is 0.0909. The smallest absolute Gasteiger partial charge is 0.0152 e. The molecule has 0 N–H and O–H groups in total. The molecule has 0 heterocycles. The van der Waals surface area contributed by atoms with Crippen LogP contribution in [0, 0.1) is 20.8 Å². The SMILES string of the molecule is Cc1ccc2ccccc2c1C.Cc1cccc2ccccc12.c1ccc2ccccc2c1. The van der Waals surface area contributed by atoms with Crippen LogP contribution in [-0.2, 0) is 0 Å². The first-order valence-electron chi connectivity index (χ1n) is 11.5. The zero-order valence-corrected chi connectivity index (χ0v) is 19.6. The Balaban J connectivity index is 0.000000118. The molecule has 6 rings (SSSR count). The molecule has 0 heteroatoms. The summed E-state index contributed by atoms with van der Waals surface area (Å²) in [5, 5.41) is 8.01. The van der Waals surface area contributed by atoms with Crippen LogP contribution < -0.4 is 0 Å². The van der Waals surface area contributed by atoms with E-state index in [9.17, 15) is 0 Å². The Kier molecular flexibility index (Phi) is 7.17. The number of rotatable bonds is 0. The lowest BCUT2D eigenvalue weighted by molar-refractivity contribution is 1.38. The van der Waals surface area contributed by atoms with Crippen LogP contribution in [-0.4, -0.2) is 0 Å². The molecule has 0 amide bonds. The van der Waals surface area contributed by atoms with E-state index in [0.29, 0.717) is 0 Å². The molecule has 0 spiro atoms. The molecule has 0 saturated heterocycles. The molecule has 0 atom stereocenters. The highest BCUT2D eigenvalue weighted by atomic mass is 14.0. The van der Waals surface area contributed by atoms with E-state index in [0.717, 1.165) is 0 Å². The summed E-state index contributed by atoms with van der Waals surface area (Å²) in [4.78, 5) is 0. The minimum Gasteiger partial charge on any atom is -0.0616 e. The van der Waals surface area contributed by atoms with Crippen LogP contribution in [0.1, 0.15) is 16.7 Å². The van der Waals surface area contributed by atoms with Crippen LogP contribution in [0.15, 0.2) is 127 Å². The Bertz CT molecular complexity index is 1420. The van der Waals surface area contributed by atoms with Crippen LogP contribution in [0.4, 0.5) is 0 Å². The maximum atomic E-state index is 2.18. The third-order valence-corrected chi connectivity index (χ3v) is 6.14. The molecule has 162 valence electrons. The predicted octanol–water partition coefficient (Wildman–Crippen LogP) is 9.44. The molecule has 0 radical (unpaired) electrons. The van der Waals surface area contributed by atoms with Gasteiger partial charge in [0.1, 0.15) is 0 Å². The van der Waals surface area contributed by atoms with Crippen molar-refractivity contribution in [1.82, 2.24) is 0 Å². The summed E-state index contributed by atoms with van der Waals surface area (Å²) in [5.74, 6) is 0. The lowest BCUT2D eigenvalue weighted by Gasteiger charge is -2.04. The van der Waals surface area contributed by atoms with Gasteiger partial charge in [0.15, 0.2) is 0 Å². The van der Waals surface area contributed by atoms with Crippen molar-refractivity contribution in [1.29, 1.82) is 0 Å². The van der Waals surface area contributed by atoms with E-state index >= 15 is 0 Å². The number of hydrogen-bond acceptors (Lipinski definition) is 0. The lowest BCUT2D eigenvalue weighted by Crippen LogP contribution is -1.82.